The molecule has 3 aromatic heterocycles. The summed E-state index contributed by atoms with van der Waals surface area (Å²) in [5, 5.41) is 5.00. The van der Waals surface area contributed by atoms with Crippen LogP contribution in [0.2, 0.25) is 0 Å². The minimum atomic E-state index is -0.0236. The van der Waals surface area contributed by atoms with Gasteiger partial charge < -0.3 is 9.73 Å². The molecule has 24 heavy (non-hydrogen) atoms. The molecule has 1 atom stereocenters. The average Bonchev–Trinajstić information content (AvgIpc) is 3.28. The lowest BCUT2D eigenvalue weighted by molar-refractivity contribution is -0.120. The molecule has 6 nitrogen and oxygen atoms in total. The van der Waals surface area contributed by atoms with Gasteiger partial charge in [0.1, 0.15) is 5.76 Å². The first kappa shape index (κ1) is 16.7. The Morgan fingerprint density at radius 1 is 1.46 bits per heavy atom. The van der Waals surface area contributed by atoms with Gasteiger partial charge in [-0.2, -0.15) is 0 Å². The number of furan rings is 1. The number of nitrogens with zero attached hydrogens (tertiary/aromatic N) is 3. The van der Waals surface area contributed by atoms with E-state index in [0.717, 1.165) is 29.5 Å². The highest BCUT2D eigenvalue weighted by Crippen LogP contribution is 2.20. The molecule has 1 N–H and O–H groups in total. The van der Waals surface area contributed by atoms with Crippen molar-refractivity contribution >= 4 is 22.2 Å². The van der Waals surface area contributed by atoms with Gasteiger partial charge in [0.05, 0.1) is 24.4 Å². The first-order valence-corrected chi connectivity index (χ1v) is 9.04. The third kappa shape index (κ3) is 3.68. The van der Waals surface area contributed by atoms with Gasteiger partial charge in [0.2, 0.25) is 5.91 Å². The van der Waals surface area contributed by atoms with E-state index in [2.05, 4.69) is 29.0 Å². The van der Waals surface area contributed by atoms with E-state index in [1.165, 1.54) is 0 Å². The number of nitrogens with one attached hydrogen (secondary N) is 1. The van der Waals surface area contributed by atoms with Crippen molar-refractivity contribution in [2.45, 2.75) is 26.3 Å². The second-order valence-electron chi connectivity index (χ2n) is 5.56. The van der Waals surface area contributed by atoms with Gasteiger partial charge in [-0.15, -0.1) is 11.3 Å². The molecule has 3 heterocycles. The van der Waals surface area contributed by atoms with Crippen LogP contribution in [0.15, 0.2) is 40.6 Å². The number of fused-ring (bicyclic) bond motifs is 1. The highest BCUT2D eigenvalue weighted by atomic mass is 32.1. The van der Waals surface area contributed by atoms with Crippen LogP contribution in [0.5, 0.6) is 0 Å². The smallest absolute Gasteiger partial charge is 0.226 e. The Hall–Kier alpha value is -2.12. The lowest BCUT2D eigenvalue weighted by Gasteiger charge is -2.28. The minimum Gasteiger partial charge on any atom is -0.468 e. The topological polar surface area (TPSA) is 62.8 Å². The molecule has 0 aliphatic heterocycles. The second kappa shape index (κ2) is 7.63. The highest BCUT2D eigenvalue weighted by Gasteiger charge is 2.21. The standard InChI is InChI=1S/C17H22N4O2S/c1-3-20(4-2)14(15-6-5-8-23-15)11-18-16(22)10-13-12-21-7-9-24-17(21)19-13/h5-9,12,14H,3-4,10-11H2,1-2H3,(H,18,22). The number of hydrogen-bond donors (Lipinski definition) is 1. The van der Waals surface area contributed by atoms with Crippen LogP contribution in [0.1, 0.15) is 31.3 Å². The van der Waals surface area contributed by atoms with Crippen LogP contribution in [0, 0.1) is 0 Å². The van der Waals surface area contributed by atoms with Gasteiger partial charge in [-0.1, -0.05) is 13.8 Å². The number of carbonyl (C=O) groups is 1. The van der Waals surface area contributed by atoms with Crippen molar-refractivity contribution in [1.29, 1.82) is 0 Å². The summed E-state index contributed by atoms with van der Waals surface area (Å²) in [6.45, 7) is 6.54. The van der Waals surface area contributed by atoms with Gasteiger partial charge in [-0.05, 0) is 25.2 Å². The second-order valence-corrected chi connectivity index (χ2v) is 6.43. The summed E-state index contributed by atoms with van der Waals surface area (Å²) < 4.78 is 7.49. The van der Waals surface area contributed by atoms with Gasteiger partial charge in [0, 0.05) is 24.3 Å². The first-order valence-electron chi connectivity index (χ1n) is 8.16. The van der Waals surface area contributed by atoms with E-state index in [-0.39, 0.29) is 18.4 Å². The molecule has 0 aliphatic carbocycles. The van der Waals surface area contributed by atoms with Crippen molar-refractivity contribution in [2.24, 2.45) is 0 Å². The van der Waals surface area contributed by atoms with E-state index < -0.39 is 0 Å². The Labute approximate surface area is 145 Å². The third-order valence-corrected chi connectivity index (χ3v) is 4.87. The predicted octanol–water partition coefficient (Wildman–Crippen LogP) is 2.73. The van der Waals surface area contributed by atoms with Crippen LogP contribution in [-0.2, 0) is 11.2 Å². The van der Waals surface area contributed by atoms with Crippen molar-refractivity contribution in [3.05, 3.63) is 47.6 Å². The zero-order valence-corrected chi connectivity index (χ0v) is 14.8. The van der Waals surface area contributed by atoms with Crippen LogP contribution in [0.3, 0.4) is 0 Å². The average molecular weight is 346 g/mol. The van der Waals surface area contributed by atoms with Crippen LogP contribution < -0.4 is 5.32 Å². The highest BCUT2D eigenvalue weighted by molar-refractivity contribution is 7.15. The molecular formula is C17H22N4O2S. The molecule has 1 amide bonds. The van der Waals surface area contributed by atoms with Crippen LogP contribution in [0.25, 0.3) is 4.96 Å². The summed E-state index contributed by atoms with van der Waals surface area (Å²) in [6.07, 6.45) is 5.81. The van der Waals surface area contributed by atoms with Gasteiger partial charge in [0.15, 0.2) is 4.96 Å². The molecule has 7 heteroatoms. The van der Waals surface area contributed by atoms with Crippen LogP contribution in [-0.4, -0.2) is 39.8 Å². The molecule has 0 radical (unpaired) electrons. The number of carbonyl (C=O) groups excluding carboxylic acids is 1. The Balaban J connectivity index is 1.61. The number of thiazole rings is 1. The maximum atomic E-state index is 12.3. The zero-order chi connectivity index (χ0) is 16.9. The van der Waals surface area contributed by atoms with E-state index in [9.17, 15) is 4.79 Å². The predicted molar refractivity (Wildman–Crippen MR) is 94.2 cm³/mol. The molecule has 128 valence electrons. The van der Waals surface area contributed by atoms with Crippen molar-refractivity contribution in [3.8, 4) is 0 Å². The van der Waals surface area contributed by atoms with Gasteiger partial charge >= 0.3 is 0 Å². The summed E-state index contributed by atoms with van der Waals surface area (Å²) >= 11 is 1.56. The molecule has 0 saturated heterocycles. The van der Waals surface area contributed by atoms with Crippen molar-refractivity contribution < 1.29 is 9.21 Å². The number of rotatable bonds is 8. The number of imidazole rings is 1. The third-order valence-electron chi connectivity index (χ3n) is 4.10. The maximum absolute atomic E-state index is 12.3. The van der Waals surface area contributed by atoms with Gasteiger partial charge in [-0.25, -0.2) is 4.98 Å². The molecule has 0 aromatic carbocycles. The van der Waals surface area contributed by atoms with Gasteiger partial charge in [0.25, 0.3) is 0 Å². The lowest BCUT2D eigenvalue weighted by Crippen LogP contribution is -2.38. The normalized spacial score (nSPS) is 12.8. The summed E-state index contributed by atoms with van der Waals surface area (Å²) in [5.41, 5.74) is 0.789. The summed E-state index contributed by atoms with van der Waals surface area (Å²) in [6, 6.07) is 3.88. The Morgan fingerprint density at radius 3 is 2.96 bits per heavy atom. The van der Waals surface area contributed by atoms with E-state index in [1.54, 1.807) is 17.6 Å². The largest absolute Gasteiger partial charge is 0.468 e. The molecule has 0 aliphatic rings. The fourth-order valence-electron chi connectivity index (χ4n) is 2.85. The fourth-order valence-corrected chi connectivity index (χ4v) is 3.57. The molecule has 3 rings (SSSR count). The zero-order valence-electron chi connectivity index (χ0n) is 13.9. The van der Waals surface area contributed by atoms with Crippen LogP contribution >= 0.6 is 11.3 Å². The Morgan fingerprint density at radius 2 is 2.29 bits per heavy atom. The molecule has 0 bridgehead atoms. The quantitative estimate of drug-likeness (QED) is 0.681. The Bertz CT molecular complexity index is 745. The molecule has 3 aromatic rings. The molecule has 0 fully saturated rings. The number of aromatic nitrogens is 2. The van der Waals surface area contributed by atoms with Gasteiger partial charge in [-0.3, -0.25) is 14.1 Å². The summed E-state index contributed by atoms with van der Waals surface area (Å²) in [4.78, 5) is 19.9. The Kier molecular flexibility index (Phi) is 5.32. The molecular weight excluding hydrogens is 324 g/mol. The molecule has 0 saturated carbocycles. The number of amides is 1. The molecule has 0 spiro atoms. The lowest BCUT2D eigenvalue weighted by atomic mass is 10.1. The summed E-state index contributed by atoms with van der Waals surface area (Å²) in [7, 11) is 0. The number of hydrogen-bond acceptors (Lipinski definition) is 5. The molecule has 1 unspecified atom stereocenters. The van der Waals surface area contributed by atoms with E-state index in [0.29, 0.717) is 6.54 Å². The van der Waals surface area contributed by atoms with Crippen molar-refractivity contribution in [3.63, 3.8) is 0 Å². The van der Waals surface area contributed by atoms with Crippen LogP contribution in [0.4, 0.5) is 0 Å². The number of likely N-dealkylation sites (N-methyl/N-ethyl adjacent to an activating group) is 1. The van der Waals surface area contributed by atoms with E-state index in [1.807, 2.05) is 34.3 Å². The first-order chi connectivity index (χ1) is 11.7. The summed E-state index contributed by atoms with van der Waals surface area (Å²) in [5.74, 6) is 0.853. The van der Waals surface area contributed by atoms with E-state index in [4.69, 9.17) is 4.42 Å². The van der Waals surface area contributed by atoms with Crippen molar-refractivity contribution in [2.75, 3.05) is 19.6 Å². The fraction of sp³-hybridized carbons (Fsp3) is 0.412. The SMILES string of the molecule is CCN(CC)C(CNC(=O)Cc1cn2ccsc2n1)c1ccco1. The van der Waals surface area contributed by atoms with E-state index >= 15 is 0 Å². The maximum Gasteiger partial charge on any atom is 0.226 e. The minimum absolute atomic E-state index is 0.0236. The van der Waals surface area contributed by atoms with Crippen molar-refractivity contribution in [1.82, 2.24) is 19.6 Å². The monoisotopic (exact) mass is 346 g/mol.